The second-order valence-electron chi connectivity index (χ2n) is 7.85. The van der Waals surface area contributed by atoms with Gasteiger partial charge in [0, 0.05) is 0 Å². The lowest BCUT2D eigenvalue weighted by atomic mass is 9.93. The van der Waals surface area contributed by atoms with E-state index in [1.165, 1.54) is 5.56 Å². The Labute approximate surface area is 165 Å². The van der Waals surface area contributed by atoms with Crippen molar-refractivity contribution in [1.29, 1.82) is 0 Å². The van der Waals surface area contributed by atoms with Gasteiger partial charge in [-0.15, -0.1) is 0 Å². The predicted octanol–water partition coefficient (Wildman–Crippen LogP) is 3.92. The Balaban J connectivity index is 1.72. The van der Waals surface area contributed by atoms with Crippen molar-refractivity contribution < 1.29 is 14.4 Å². The average molecular weight is 378 g/mol. The van der Waals surface area contributed by atoms with Crippen molar-refractivity contribution in [2.24, 2.45) is 5.92 Å². The maximum Gasteiger partial charge on any atom is 0.262 e. The molecular formula is C23H26N2O3. The molecule has 2 aromatic rings. The third kappa shape index (κ3) is 3.84. The lowest BCUT2D eigenvalue weighted by Crippen LogP contribution is -2.42. The molecule has 0 aromatic heterocycles. The summed E-state index contributed by atoms with van der Waals surface area (Å²) in [5, 5.41) is 2.99. The normalized spacial score (nSPS) is 14.6. The lowest BCUT2D eigenvalue weighted by molar-refractivity contribution is -0.122. The van der Waals surface area contributed by atoms with Crippen LogP contribution >= 0.6 is 0 Å². The van der Waals surface area contributed by atoms with Crippen molar-refractivity contribution in [3.63, 3.8) is 0 Å². The topological polar surface area (TPSA) is 66.5 Å². The van der Waals surface area contributed by atoms with Gasteiger partial charge in [-0.3, -0.25) is 19.3 Å². The summed E-state index contributed by atoms with van der Waals surface area (Å²) < 4.78 is 0. The minimum atomic E-state index is -0.418. The van der Waals surface area contributed by atoms with Crippen molar-refractivity contribution in [1.82, 2.24) is 10.2 Å². The fourth-order valence-corrected chi connectivity index (χ4v) is 3.47. The van der Waals surface area contributed by atoms with Gasteiger partial charge >= 0.3 is 0 Å². The Kier molecular flexibility index (Phi) is 5.63. The Morgan fingerprint density at radius 2 is 1.36 bits per heavy atom. The fraction of sp³-hybridized carbons (Fsp3) is 0.348. The largest absolute Gasteiger partial charge is 0.347 e. The highest BCUT2D eigenvalue weighted by Crippen LogP contribution is 2.25. The lowest BCUT2D eigenvalue weighted by Gasteiger charge is -2.24. The van der Waals surface area contributed by atoms with Gasteiger partial charge in [0.15, 0.2) is 0 Å². The molecule has 1 aliphatic rings. The van der Waals surface area contributed by atoms with Crippen LogP contribution in [0.2, 0.25) is 0 Å². The Morgan fingerprint density at radius 1 is 0.857 bits per heavy atom. The minimum Gasteiger partial charge on any atom is -0.347 e. The molecular weight excluding hydrogens is 352 g/mol. The molecule has 0 fully saturated rings. The minimum absolute atomic E-state index is 0.163. The van der Waals surface area contributed by atoms with E-state index in [0.29, 0.717) is 17.0 Å². The highest BCUT2D eigenvalue weighted by atomic mass is 16.2. The molecule has 28 heavy (non-hydrogen) atoms. The van der Waals surface area contributed by atoms with Gasteiger partial charge in [0.05, 0.1) is 17.2 Å². The van der Waals surface area contributed by atoms with E-state index in [-0.39, 0.29) is 24.4 Å². The van der Waals surface area contributed by atoms with Crippen molar-refractivity contribution in [3.05, 3.63) is 70.8 Å². The van der Waals surface area contributed by atoms with E-state index < -0.39 is 11.8 Å². The number of hydrogen-bond acceptors (Lipinski definition) is 3. The van der Waals surface area contributed by atoms with Crippen molar-refractivity contribution in [3.8, 4) is 0 Å². The number of nitrogens with one attached hydrogen (secondary N) is 1. The van der Waals surface area contributed by atoms with Crippen molar-refractivity contribution in [2.45, 2.75) is 39.7 Å². The van der Waals surface area contributed by atoms with E-state index in [0.717, 1.165) is 10.5 Å². The summed E-state index contributed by atoms with van der Waals surface area (Å²) in [6.07, 6.45) is 0. The molecule has 1 aliphatic heterocycles. The number of amides is 3. The molecule has 0 spiro atoms. The maximum absolute atomic E-state index is 12.6. The summed E-state index contributed by atoms with van der Waals surface area (Å²) in [5.74, 6) is -0.580. The summed E-state index contributed by atoms with van der Waals surface area (Å²) in [6.45, 7) is 8.06. The summed E-state index contributed by atoms with van der Waals surface area (Å²) in [6, 6.07) is 14.7. The Hall–Kier alpha value is -2.95. The van der Waals surface area contributed by atoms with Gasteiger partial charge in [0.2, 0.25) is 5.91 Å². The zero-order valence-corrected chi connectivity index (χ0v) is 16.7. The molecule has 0 radical (unpaired) electrons. The summed E-state index contributed by atoms with van der Waals surface area (Å²) in [4.78, 5) is 38.6. The summed E-state index contributed by atoms with van der Waals surface area (Å²) in [7, 11) is 0. The highest BCUT2D eigenvalue weighted by Gasteiger charge is 2.36. The monoisotopic (exact) mass is 378 g/mol. The SMILES string of the molecule is CC(C)c1ccc([C@@H](NC(=O)CN2C(=O)c3ccccc3C2=O)C(C)C)cc1. The number of hydrogen-bond donors (Lipinski definition) is 1. The third-order valence-corrected chi connectivity index (χ3v) is 5.13. The molecule has 2 aromatic carbocycles. The predicted molar refractivity (Wildman–Crippen MR) is 108 cm³/mol. The van der Waals surface area contributed by atoms with E-state index in [9.17, 15) is 14.4 Å². The first kappa shape index (κ1) is 19.8. The molecule has 0 unspecified atom stereocenters. The standard InChI is InChI=1S/C23H26N2O3/c1-14(2)16-9-11-17(12-10-16)21(15(3)4)24-20(26)13-25-22(27)18-7-5-6-8-19(18)23(25)28/h5-12,14-15,21H,13H2,1-4H3,(H,24,26)/t21-/m0/s1. The summed E-state index contributed by atoms with van der Waals surface area (Å²) in [5.41, 5.74) is 2.95. The van der Waals surface area contributed by atoms with Crippen LogP contribution in [0.1, 0.15) is 71.5 Å². The van der Waals surface area contributed by atoms with Crippen LogP contribution in [0.3, 0.4) is 0 Å². The van der Waals surface area contributed by atoms with E-state index in [1.807, 2.05) is 26.0 Å². The molecule has 0 aliphatic carbocycles. The molecule has 5 nitrogen and oxygen atoms in total. The van der Waals surface area contributed by atoms with Crippen LogP contribution in [0, 0.1) is 5.92 Å². The van der Waals surface area contributed by atoms with Gasteiger partial charge in [-0.25, -0.2) is 0 Å². The van der Waals surface area contributed by atoms with Crippen LogP contribution in [0.5, 0.6) is 0 Å². The number of nitrogens with zero attached hydrogens (tertiary/aromatic N) is 1. The first-order valence-corrected chi connectivity index (χ1v) is 9.64. The van der Waals surface area contributed by atoms with Crippen LogP contribution in [0.4, 0.5) is 0 Å². The molecule has 1 N–H and O–H groups in total. The molecule has 0 bridgehead atoms. The molecule has 146 valence electrons. The molecule has 1 atom stereocenters. The van der Waals surface area contributed by atoms with E-state index in [2.05, 4.69) is 31.3 Å². The van der Waals surface area contributed by atoms with Crippen molar-refractivity contribution in [2.75, 3.05) is 6.54 Å². The van der Waals surface area contributed by atoms with Crippen LogP contribution < -0.4 is 5.32 Å². The van der Waals surface area contributed by atoms with Gasteiger partial charge in [0.25, 0.3) is 11.8 Å². The number of imide groups is 1. The number of rotatable bonds is 6. The van der Waals surface area contributed by atoms with Crippen LogP contribution in [-0.2, 0) is 4.79 Å². The van der Waals surface area contributed by atoms with E-state index in [1.54, 1.807) is 24.3 Å². The Bertz CT molecular complexity index is 865. The van der Waals surface area contributed by atoms with Crippen LogP contribution in [0.25, 0.3) is 0 Å². The van der Waals surface area contributed by atoms with Gasteiger partial charge in [-0.2, -0.15) is 0 Å². The maximum atomic E-state index is 12.6. The number of carbonyl (C=O) groups is 3. The molecule has 5 heteroatoms. The van der Waals surface area contributed by atoms with Crippen LogP contribution in [-0.4, -0.2) is 29.2 Å². The van der Waals surface area contributed by atoms with Gasteiger partial charge < -0.3 is 5.32 Å². The highest BCUT2D eigenvalue weighted by molar-refractivity contribution is 6.22. The van der Waals surface area contributed by atoms with Crippen LogP contribution in [0.15, 0.2) is 48.5 Å². The van der Waals surface area contributed by atoms with E-state index in [4.69, 9.17) is 0 Å². The number of carbonyl (C=O) groups excluding carboxylic acids is 3. The average Bonchev–Trinajstić information content (AvgIpc) is 2.91. The molecule has 3 rings (SSSR count). The second-order valence-corrected chi connectivity index (χ2v) is 7.85. The van der Waals surface area contributed by atoms with Gasteiger partial charge in [-0.1, -0.05) is 64.1 Å². The number of fused-ring (bicyclic) bond motifs is 1. The fourth-order valence-electron chi connectivity index (χ4n) is 3.47. The first-order valence-electron chi connectivity index (χ1n) is 9.64. The second kappa shape index (κ2) is 7.97. The molecule has 1 heterocycles. The quantitative estimate of drug-likeness (QED) is 0.775. The summed E-state index contributed by atoms with van der Waals surface area (Å²) >= 11 is 0. The van der Waals surface area contributed by atoms with Crippen molar-refractivity contribution >= 4 is 17.7 Å². The first-order chi connectivity index (χ1) is 13.3. The smallest absolute Gasteiger partial charge is 0.262 e. The van der Waals surface area contributed by atoms with Gasteiger partial charge in [0.1, 0.15) is 6.54 Å². The number of benzene rings is 2. The van der Waals surface area contributed by atoms with Gasteiger partial charge in [-0.05, 0) is 35.1 Å². The molecule has 3 amide bonds. The molecule has 0 saturated carbocycles. The van der Waals surface area contributed by atoms with E-state index >= 15 is 0 Å². The Morgan fingerprint density at radius 3 is 1.82 bits per heavy atom. The zero-order valence-electron chi connectivity index (χ0n) is 16.7. The molecule has 0 saturated heterocycles. The zero-order chi connectivity index (χ0) is 20.4. The third-order valence-electron chi connectivity index (χ3n) is 5.13.